The second-order valence-corrected chi connectivity index (χ2v) is 5.49. The van der Waals surface area contributed by atoms with Gasteiger partial charge in [0.05, 0.1) is 6.10 Å². The van der Waals surface area contributed by atoms with E-state index in [-0.39, 0.29) is 0 Å². The minimum Gasteiger partial charge on any atom is -0.378 e. The Morgan fingerprint density at radius 2 is 2.11 bits per heavy atom. The average Bonchev–Trinajstić information content (AvgIpc) is 2.81. The van der Waals surface area contributed by atoms with Gasteiger partial charge in [-0.3, -0.25) is 4.79 Å². The monoisotopic (exact) mass is 254 g/mol. The Morgan fingerprint density at radius 3 is 2.67 bits per heavy atom. The molecule has 2 N–H and O–H groups in total. The molecule has 104 valence electrons. The van der Waals surface area contributed by atoms with Crippen molar-refractivity contribution in [3.63, 3.8) is 0 Å². The number of nitrogens with zero attached hydrogens (tertiary/aromatic N) is 1. The smallest absolute Gasteiger partial charge is 0.222 e. The van der Waals surface area contributed by atoms with E-state index in [4.69, 9.17) is 10.5 Å². The van der Waals surface area contributed by atoms with Crippen LogP contribution in [0, 0.1) is 0 Å². The van der Waals surface area contributed by atoms with E-state index in [9.17, 15) is 4.79 Å². The summed E-state index contributed by atoms with van der Waals surface area (Å²) >= 11 is 0. The molecule has 1 aliphatic carbocycles. The predicted octanol–water partition coefficient (Wildman–Crippen LogP) is 1.68. The average molecular weight is 254 g/mol. The highest BCUT2D eigenvalue weighted by Crippen LogP contribution is 2.26. The van der Waals surface area contributed by atoms with Gasteiger partial charge in [0.15, 0.2) is 0 Å². The fourth-order valence-electron chi connectivity index (χ4n) is 2.77. The van der Waals surface area contributed by atoms with Crippen molar-refractivity contribution >= 4 is 5.91 Å². The molecule has 0 spiro atoms. The first-order valence-electron chi connectivity index (χ1n) is 7.42. The molecule has 1 unspecified atom stereocenters. The first-order chi connectivity index (χ1) is 8.81. The van der Waals surface area contributed by atoms with Crippen molar-refractivity contribution in [3.05, 3.63) is 0 Å². The van der Waals surface area contributed by atoms with Crippen LogP contribution in [0.4, 0.5) is 0 Å². The second-order valence-electron chi connectivity index (χ2n) is 5.49. The van der Waals surface area contributed by atoms with Crippen LogP contribution in [0.3, 0.4) is 0 Å². The lowest BCUT2D eigenvalue weighted by atomic mass is 9.91. The summed E-state index contributed by atoms with van der Waals surface area (Å²) in [6, 6.07) is 0.494. The van der Waals surface area contributed by atoms with Gasteiger partial charge in [-0.15, -0.1) is 0 Å². The molecule has 1 amide bonds. The van der Waals surface area contributed by atoms with Gasteiger partial charge in [-0.05, 0) is 51.5 Å². The van der Waals surface area contributed by atoms with Crippen molar-refractivity contribution in [1.82, 2.24) is 4.90 Å². The number of hydrogen-bond acceptors (Lipinski definition) is 3. The van der Waals surface area contributed by atoms with Crippen LogP contribution in [0.25, 0.3) is 0 Å². The molecule has 1 heterocycles. The molecule has 0 bridgehead atoms. The van der Waals surface area contributed by atoms with Gasteiger partial charge < -0.3 is 15.4 Å². The van der Waals surface area contributed by atoms with Crippen LogP contribution in [-0.4, -0.2) is 42.6 Å². The van der Waals surface area contributed by atoms with E-state index in [2.05, 4.69) is 4.90 Å². The minimum absolute atomic E-state index is 0.309. The van der Waals surface area contributed by atoms with E-state index in [0.29, 0.717) is 31.0 Å². The molecule has 0 aromatic carbocycles. The Labute approximate surface area is 110 Å². The SMILES string of the molecule is NCCCN(C(=O)CCC1CCCO1)C1CCC1. The van der Waals surface area contributed by atoms with Gasteiger partial charge in [0, 0.05) is 25.6 Å². The van der Waals surface area contributed by atoms with Crippen molar-refractivity contribution in [2.24, 2.45) is 5.73 Å². The molecule has 1 saturated carbocycles. The molecule has 0 radical (unpaired) electrons. The fourth-order valence-corrected chi connectivity index (χ4v) is 2.77. The lowest BCUT2D eigenvalue weighted by molar-refractivity contribution is -0.136. The maximum absolute atomic E-state index is 12.3. The molecule has 1 aliphatic heterocycles. The molecule has 1 saturated heterocycles. The standard InChI is InChI=1S/C14H26N2O2/c15-9-3-10-16(12-4-1-5-12)14(17)8-7-13-6-2-11-18-13/h12-13H,1-11,15H2. The Morgan fingerprint density at radius 1 is 1.28 bits per heavy atom. The third-order valence-electron chi connectivity index (χ3n) is 4.14. The Kier molecular flexibility index (Phi) is 5.45. The molecule has 1 atom stereocenters. The largest absolute Gasteiger partial charge is 0.378 e. The summed E-state index contributed by atoms with van der Waals surface area (Å²) in [6.07, 6.45) is 8.68. The third-order valence-corrected chi connectivity index (χ3v) is 4.14. The highest BCUT2D eigenvalue weighted by Gasteiger charge is 2.28. The topological polar surface area (TPSA) is 55.6 Å². The zero-order valence-electron chi connectivity index (χ0n) is 11.3. The highest BCUT2D eigenvalue weighted by molar-refractivity contribution is 5.76. The molecule has 2 aliphatic rings. The molecule has 4 nitrogen and oxygen atoms in total. The van der Waals surface area contributed by atoms with Gasteiger partial charge in [-0.1, -0.05) is 0 Å². The number of carbonyl (C=O) groups excluding carboxylic acids is 1. The lowest BCUT2D eigenvalue weighted by Gasteiger charge is -2.38. The molecule has 0 aromatic heterocycles. The normalized spacial score (nSPS) is 23.9. The third kappa shape index (κ3) is 3.69. The van der Waals surface area contributed by atoms with Crippen molar-refractivity contribution in [3.8, 4) is 0 Å². The summed E-state index contributed by atoms with van der Waals surface area (Å²) in [7, 11) is 0. The summed E-state index contributed by atoms with van der Waals surface area (Å²) in [5.74, 6) is 0.309. The van der Waals surface area contributed by atoms with Gasteiger partial charge in [0.2, 0.25) is 5.91 Å². The van der Waals surface area contributed by atoms with Crippen LogP contribution in [0.1, 0.15) is 51.4 Å². The molecular formula is C14H26N2O2. The summed E-state index contributed by atoms with van der Waals surface area (Å²) < 4.78 is 5.57. The lowest BCUT2D eigenvalue weighted by Crippen LogP contribution is -2.45. The summed E-state index contributed by atoms with van der Waals surface area (Å²) in [6.45, 7) is 2.38. The Balaban J connectivity index is 1.74. The summed E-state index contributed by atoms with van der Waals surface area (Å²) in [5.41, 5.74) is 5.55. The second kappa shape index (κ2) is 7.10. The van der Waals surface area contributed by atoms with Crippen LogP contribution < -0.4 is 5.73 Å². The van der Waals surface area contributed by atoms with E-state index in [1.54, 1.807) is 0 Å². The van der Waals surface area contributed by atoms with Crippen LogP contribution in [0.5, 0.6) is 0 Å². The van der Waals surface area contributed by atoms with Crippen molar-refractivity contribution in [2.45, 2.75) is 63.5 Å². The first kappa shape index (κ1) is 13.8. The fraction of sp³-hybridized carbons (Fsp3) is 0.929. The van der Waals surface area contributed by atoms with Crippen LogP contribution >= 0.6 is 0 Å². The van der Waals surface area contributed by atoms with Crippen molar-refractivity contribution in [2.75, 3.05) is 19.7 Å². The molecular weight excluding hydrogens is 228 g/mol. The molecule has 4 heteroatoms. The summed E-state index contributed by atoms with van der Waals surface area (Å²) in [5, 5.41) is 0. The molecule has 18 heavy (non-hydrogen) atoms. The molecule has 2 fully saturated rings. The van der Waals surface area contributed by atoms with Crippen LogP contribution in [0.15, 0.2) is 0 Å². The Hall–Kier alpha value is -0.610. The number of amides is 1. The van der Waals surface area contributed by atoms with Gasteiger partial charge in [-0.25, -0.2) is 0 Å². The number of hydrogen-bond donors (Lipinski definition) is 1. The number of ether oxygens (including phenoxy) is 1. The number of carbonyl (C=O) groups is 1. The van der Waals surface area contributed by atoms with Gasteiger partial charge in [-0.2, -0.15) is 0 Å². The van der Waals surface area contributed by atoms with E-state index in [1.165, 1.54) is 19.3 Å². The zero-order chi connectivity index (χ0) is 12.8. The van der Waals surface area contributed by atoms with Gasteiger partial charge in [0.25, 0.3) is 0 Å². The van der Waals surface area contributed by atoms with E-state index in [1.807, 2.05) is 0 Å². The van der Waals surface area contributed by atoms with E-state index < -0.39 is 0 Å². The van der Waals surface area contributed by atoms with E-state index >= 15 is 0 Å². The van der Waals surface area contributed by atoms with Crippen LogP contribution in [0.2, 0.25) is 0 Å². The Bertz CT molecular complexity index is 261. The number of nitrogens with two attached hydrogens (primary N) is 1. The number of rotatable bonds is 7. The minimum atomic E-state index is 0.309. The highest BCUT2D eigenvalue weighted by atomic mass is 16.5. The van der Waals surface area contributed by atoms with Gasteiger partial charge >= 0.3 is 0 Å². The predicted molar refractivity (Wildman–Crippen MR) is 71.2 cm³/mol. The van der Waals surface area contributed by atoms with Crippen LogP contribution in [-0.2, 0) is 9.53 Å². The van der Waals surface area contributed by atoms with Gasteiger partial charge in [0.1, 0.15) is 0 Å². The first-order valence-corrected chi connectivity index (χ1v) is 7.42. The maximum Gasteiger partial charge on any atom is 0.222 e. The maximum atomic E-state index is 12.3. The van der Waals surface area contributed by atoms with Crippen molar-refractivity contribution < 1.29 is 9.53 Å². The summed E-state index contributed by atoms with van der Waals surface area (Å²) in [4.78, 5) is 14.3. The molecule has 0 aromatic rings. The quantitative estimate of drug-likeness (QED) is 0.752. The zero-order valence-corrected chi connectivity index (χ0v) is 11.3. The van der Waals surface area contributed by atoms with Crippen molar-refractivity contribution in [1.29, 1.82) is 0 Å². The molecule has 2 rings (SSSR count). The van der Waals surface area contributed by atoms with E-state index in [0.717, 1.165) is 38.8 Å².